The van der Waals surface area contributed by atoms with Crippen molar-refractivity contribution in [3.63, 3.8) is 0 Å². The van der Waals surface area contributed by atoms with Gasteiger partial charge in [0.25, 0.3) is 5.69 Å². The van der Waals surface area contributed by atoms with E-state index in [0.29, 0.717) is 19.5 Å². The molecular formula is C19H18N4O4S. The summed E-state index contributed by atoms with van der Waals surface area (Å²) in [6.45, 7) is 0.879. The standard InChI is InChI=1S/C19H18N4O4S/c24-19(25)20-11-4-12-22-17(14-7-9-16(10-8-14)23(26)27)13-28-18(22)21-15-5-2-1-3-6-15/h1-3,5-10,13,20H,4,11-12H2,(H,24,25). The van der Waals surface area contributed by atoms with Crippen molar-refractivity contribution < 1.29 is 14.8 Å². The van der Waals surface area contributed by atoms with Crippen LogP contribution in [-0.4, -0.2) is 27.2 Å². The van der Waals surface area contributed by atoms with Crippen LogP contribution in [0.25, 0.3) is 11.3 Å². The molecule has 0 aliphatic heterocycles. The molecule has 0 atom stereocenters. The number of nitrogens with one attached hydrogen (secondary N) is 1. The van der Waals surface area contributed by atoms with Crippen molar-refractivity contribution in [3.05, 3.63) is 74.9 Å². The molecule has 28 heavy (non-hydrogen) atoms. The van der Waals surface area contributed by atoms with Gasteiger partial charge in [-0.15, -0.1) is 11.3 Å². The van der Waals surface area contributed by atoms with Crippen LogP contribution in [0.3, 0.4) is 0 Å². The van der Waals surface area contributed by atoms with E-state index in [1.54, 1.807) is 12.1 Å². The molecule has 0 saturated heterocycles. The Bertz CT molecular complexity index is 1030. The summed E-state index contributed by atoms with van der Waals surface area (Å²) < 4.78 is 2.00. The Kier molecular flexibility index (Phi) is 6.18. The lowest BCUT2D eigenvalue weighted by atomic mass is 10.1. The molecule has 0 saturated carbocycles. The van der Waals surface area contributed by atoms with Gasteiger partial charge in [-0.2, -0.15) is 0 Å². The van der Waals surface area contributed by atoms with Crippen molar-refractivity contribution in [1.82, 2.24) is 9.88 Å². The highest BCUT2D eigenvalue weighted by molar-refractivity contribution is 7.07. The molecule has 0 bridgehead atoms. The first-order valence-electron chi connectivity index (χ1n) is 8.54. The molecule has 2 N–H and O–H groups in total. The fourth-order valence-electron chi connectivity index (χ4n) is 2.66. The second-order valence-corrected chi connectivity index (χ2v) is 6.73. The molecule has 1 heterocycles. The number of carbonyl (C=O) groups is 1. The minimum Gasteiger partial charge on any atom is -0.465 e. The summed E-state index contributed by atoms with van der Waals surface area (Å²) in [5.41, 5.74) is 2.56. The molecule has 0 spiro atoms. The normalized spacial score (nSPS) is 11.4. The number of thiazole rings is 1. The molecule has 144 valence electrons. The first-order valence-corrected chi connectivity index (χ1v) is 9.42. The van der Waals surface area contributed by atoms with Gasteiger partial charge in [-0.3, -0.25) is 10.1 Å². The molecule has 2 aromatic carbocycles. The van der Waals surface area contributed by atoms with E-state index in [9.17, 15) is 14.9 Å². The summed E-state index contributed by atoms with van der Waals surface area (Å²) >= 11 is 1.47. The highest BCUT2D eigenvalue weighted by Crippen LogP contribution is 2.23. The summed E-state index contributed by atoms with van der Waals surface area (Å²) in [5, 5.41) is 23.9. The number of hydrogen-bond acceptors (Lipinski definition) is 5. The lowest BCUT2D eigenvalue weighted by Gasteiger charge is -2.09. The lowest BCUT2D eigenvalue weighted by molar-refractivity contribution is -0.384. The van der Waals surface area contributed by atoms with E-state index < -0.39 is 11.0 Å². The van der Waals surface area contributed by atoms with Crippen molar-refractivity contribution in [2.75, 3.05) is 6.54 Å². The molecular weight excluding hydrogens is 380 g/mol. The molecule has 1 amide bonds. The smallest absolute Gasteiger partial charge is 0.404 e. The SMILES string of the molecule is O=C(O)NCCCn1c(-c2ccc([N+](=O)[O-])cc2)csc1=Nc1ccccc1. The van der Waals surface area contributed by atoms with Crippen LogP contribution >= 0.6 is 11.3 Å². The Hall–Kier alpha value is -3.46. The maximum atomic E-state index is 10.9. The zero-order chi connectivity index (χ0) is 19.9. The summed E-state index contributed by atoms with van der Waals surface area (Å²) in [5.74, 6) is 0. The number of hydrogen-bond donors (Lipinski definition) is 2. The number of aromatic nitrogens is 1. The molecule has 0 aliphatic carbocycles. The minimum absolute atomic E-state index is 0.0328. The van der Waals surface area contributed by atoms with Gasteiger partial charge in [0.15, 0.2) is 4.80 Å². The molecule has 0 aliphatic rings. The van der Waals surface area contributed by atoms with E-state index >= 15 is 0 Å². The number of nitrogens with zero attached hydrogens (tertiary/aromatic N) is 3. The molecule has 0 radical (unpaired) electrons. The second kappa shape index (κ2) is 8.96. The molecule has 3 rings (SSSR count). The van der Waals surface area contributed by atoms with Gasteiger partial charge in [-0.1, -0.05) is 18.2 Å². The summed E-state index contributed by atoms with van der Waals surface area (Å²) in [4.78, 5) is 26.6. The van der Waals surface area contributed by atoms with Crippen molar-refractivity contribution in [2.24, 2.45) is 4.99 Å². The Morgan fingerprint density at radius 1 is 1.18 bits per heavy atom. The highest BCUT2D eigenvalue weighted by Gasteiger charge is 2.11. The third kappa shape index (κ3) is 4.83. The third-order valence-corrected chi connectivity index (χ3v) is 4.85. The second-order valence-electron chi connectivity index (χ2n) is 5.89. The fourth-order valence-corrected chi connectivity index (χ4v) is 3.62. The van der Waals surface area contributed by atoms with Gasteiger partial charge >= 0.3 is 6.09 Å². The maximum absolute atomic E-state index is 10.9. The monoisotopic (exact) mass is 398 g/mol. The van der Waals surface area contributed by atoms with Gasteiger partial charge in [-0.05, 0) is 36.2 Å². The van der Waals surface area contributed by atoms with Crippen molar-refractivity contribution in [3.8, 4) is 11.3 Å². The third-order valence-electron chi connectivity index (χ3n) is 3.99. The summed E-state index contributed by atoms with van der Waals surface area (Å²) in [6, 6.07) is 15.9. The number of amides is 1. The topological polar surface area (TPSA) is 110 Å². The molecule has 8 nitrogen and oxygen atoms in total. The van der Waals surface area contributed by atoms with Crippen molar-refractivity contribution in [1.29, 1.82) is 0 Å². The van der Waals surface area contributed by atoms with E-state index in [2.05, 4.69) is 10.3 Å². The Morgan fingerprint density at radius 2 is 1.89 bits per heavy atom. The molecule has 0 unspecified atom stereocenters. The van der Waals surface area contributed by atoms with Crippen LogP contribution in [0.5, 0.6) is 0 Å². The number of non-ortho nitro benzene ring substituents is 1. The largest absolute Gasteiger partial charge is 0.465 e. The average molecular weight is 398 g/mol. The average Bonchev–Trinajstić information content (AvgIpc) is 3.08. The zero-order valence-corrected chi connectivity index (χ0v) is 15.6. The van der Waals surface area contributed by atoms with Crippen LogP contribution in [0.4, 0.5) is 16.2 Å². The lowest BCUT2D eigenvalue weighted by Crippen LogP contribution is -2.24. The number of carboxylic acid groups (broad SMARTS) is 1. The summed E-state index contributed by atoms with van der Waals surface area (Å²) in [6.07, 6.45) is -0.467. The predicted octanol–water partition coefficient (Wildman–Crippen LogP) is 4.01. The van der Waals surface area contributed by atoms with Crippen LogP contribution < -0.4 is 10.1 Å². The van der Waals surface area contributed by atoms with E-state index in [1.165, 1.54) is 23.5 Å². The van der Waals surface area contributed by atoms with E-state index in [-0.39, 0.29) is 5.69 Å². The number of para-hydroxylation sites is 1. The number of nitro groups is 1. The fraction of sp³-hybridized carbons (Fsp3) is 0.158. The van der Waals surface area contributed by atoms with Crippen LogP contribution in [0.2, 0.25) is 0 Å². The molecule has 0 fully saturated rings. The van der Waals surface area contributed by atoms with Gasteiger partial charge in [0, 0.05) is 30.6 Å². The molecule has 9 heteroatoms. The minimum atomic E-state index is -1.06. The van der Waals surface area contributed by atoms with E-state index in [1.807, 2.05) is 40.3 Å². The molecule has 1 aromatic heterocycles. The number of nitro benzene ring substituents is 1. The first kappa shape index (κ1) is 19.3. The highest BCUT2D eigenvalue weighted by atomic mass is 32.1. The van der Waals surface area contributed by atoms with Crippen molar-refractivity contribution in [2.45, 2.75) is 13.0 Å². The molecule has 3 aromatic rings. The van der Waals surface area contributed by atoms with Crippen LogP contribution in [0, 0.1) is 10.1 Å². The Morgan fingerprint density at radius 3 is 2.54 bits per heavy atom. The van der Waals surface area contributed by atoms with Crippen LogP contribution in [0.1, 0.15) is 6.42 Å². The number of rotatable bonds is 7. The van der Waals surface area contributed by atoms with Crippen LogP contribution in [-0.2, 0) is 6.54 Å². The Balaban J connectivity index is 1.95. The van der Waals surface area contributed by atoms with Gasteiger partial charge in [0.1, 0.15) is 0 Å². The maximum Gasteiger partial charge on any atom is 0.404 e. The van der Waals surface area contributed by atoms with Crippen LogP contribution in [0.15, 0.2) is 65.0 Å². The predicted molar refractivity (Wildman–Crippen MR) is 107 cm³/mol. The first-order chi connectivity index (χ1) is 13.5. The van der Waals surface area contributed by atoms with Gasteiger partial charge < -0.3 is 15.0 Å². The summed E-state index contributed by atoms with van der Waals surface area (Å²) in [7, 11) is 0. The van der Waals surface area contributed by atoms with Crippen molar-refractivity contribution >= 4 is 28.8 Å². The van der Waals surface area contributed by atoms with E-state index in [4.69, 9.17) is 5.11 Å². The Labute approximate surface area is 164 Å². The van der Waals surface area contributed by atoms with Gasteiger partial charge in [0.05, 0.1) is 16.3 Å². The quantitative estimate of drug-likeness (QED) is 0.356. The van der Waals surface area contributed by atoms with Gasteiger partial charge in [0.2, 0.25) is 0 Å². The number of benzene rings is 2. The zero-order valence-electron chi connectivity index (χ0n) is 14.8. The van der Waals surface area contributed by atoms with E-state index in [0.717, 1.165) is 21.7 Å². The van der Waals surface area contributed by atoms with Gasteiger partial charge in [-0.25, -0.2) is 9.79 Å².